The van der Waals surface area contributed by atoms with E-state index in [9.17, 15) is 4.79 Å². The number of rotatable bonds is 2. The molecule has 0 spiro atoms. The molecule has 0 saturated carbocycles. The topological polar surface area (TPSA) is 71.2 Å². The molecule has 2 saturated heterocycles. The highest BCUT2D eigenvalue weighted by Crippen LogP contribution is 2.35. The van der Waals surface area contributed by atoms with Gasteiger partial charge in [-0.3, -0.25) is 4.79 Å². The molecule has 2 fully saturated rings. The van der Waals surface area contributed by atoms with Crippen LogP contribution in [0.3, 0.4) is 0 Å². The molecule has 1 aromatic heterocycles. The Morgan fingerprint density at radius 1 is 1.61 bits per heavy atom. The van der Waals surface area contributed by atoms with E-state index >= 15 is 0 Å². The van der Waals surface area contributed by atoms with Crippen LogP contribution in [-0.2, 0) is 0 Å². The maximum Gasteiger partial charge on any atom is 0.251 e. The lowest BCUT2D eigenvalue weighted by Gasteiger charge is -2.52. The molecule has 3 N–H and O–H groups in total. The second-order valence-corrected chi connectivity index (χ2v) is 5.62. The lowest BCUT2D eigenvalue weighted by Crippen LogP contribution is -2.63. The van der Waals surface area contributed by atoms with Crippen molar-refractivity contribution in [3.63, 3.8) is 0 Å². The van der Waals surface area contributed by atoms with E-state index in [0.717, 1.165) is 31.2 Å². The highest BCUT2D eigenvalue weighted by Gasteiger charge is 2.40. The van der Waals surface area contributed by atoms with Gasteiger partial charge in [0, 0.05) is 19.1 Å². The van der Waals surface area contributed by atoms with Crippen molar-refractivity contribution in [2.75, 3.05) is 24.5 Å². The molecule has 0 aromatic carbocycles. The van der Waals surface area contributed by atoms with E-state index in [1.807, 2.05) is 6.07 Å². The van der Waals surface area contributed by atoms with Gasteiger partial charge in [0.05, 0.1) is 17.4 Å². The fourth-order valence-electron chi connectivity index (χ4n) is 2.79. The van der Waals surface area contributed by atoms with Crippen molar-refractivity contribution in [3.8, 4) is 0 Å². The van der Waals surface area contributed by atoms with Crippen LogP contribution >= 0.6 is 15.9 Å². The predicted octanol–water partition coefficient (Wildman–Crippen LogP) is 0.741. The summed E-state index contributed by atoms with van der Waals surface area (Å²) in [6.45, 7) is 3.17. The zero-order chi connectivity index (χ0) is 12.7. The number of hydrogen-bond acceptors (Lipinski definition) is 4. The second-order valence-electron chi connectivity index (χ2n) is 4.87. The Bertz CT molecular complexity index is 493. The maximum absolute atomic E-state index is 11.3. The van der Waals surface area contributed by atoms with Crippen LogP contribution in [0.4, 0.5) is 5.69 Å². The lowest BCUT2D eigenvalue weighted by atomic mass is 9.83. The van der Waals surface area contributed by atoms with Gasteiger partial charge >= 0.3 is 0 Å². The Kier molecular flexibility index (Phi) is 2.99. The van der Waals surface area contributed by atoms with Crippen molar-refractivity contribution >= 4 is 27.5 Å². The third-order valence-electron chi connectivity index (χ3n) is 3.84. The molecule has 3 rings (SSSR count). The number of carbonyl (C=O) groups excluding carboxylic acids is 1. The van der Waals surface area contributed by atoms with Gasteiger partial charge in [-0.15, -0.1) is 0 Å². The number of anilines is 1. The SMILES string of the molecule is NC(=O)c1cc(N2CC3CCNCC32)cnc1Br. The van der Waals surface area contributed by atoms with E-state index in [1.165, 1.54) is 6.42 Å². The van der Waals surface area contributed by atoms with Gasteiger partial charge in [-0.25, -0.2) is 4.98 Å². The van der Waals surface area contributed by atoms with Crippen molar-refractivity contribution in [1.82, 2.24) is 10.3 Å². The molecule has 1 aromatic rings. The van der Waals surface area contributed by atoms with E-state index < -0.39 is 5.91 Å². The molecule has 0 aliphatic carbocycles. The summed E-state index contributed by atoms with van der Waals surface area (Å²) in [5, 5.41) is 3.40. The van der Waals surface area contributed by atoms with E-state index in [-0.39, 0.29) is 0 Å². The average molecular weight is 311 g/mol. The molecule has 2 atom stereocenters. The number of nitrogens with zero attached hydrogens (tertiary/aromatic N) is 2. The number of pyridine rings is 1. The van der Waals surface area contributed by atoms with Crippen LogP contribution < -0.4 is 16.0 Å². The van der Waals surface area contributed by atoms with Gasteiger partial charge in [-0.2, -0.15) is 0 Å². The molecule has 3 heterocycles. The molecule has 5 nitrogen and oxygen atoms in total. The van der Waals surface area contributed by atoms with E-state index in [4.69, 9.17) is 5.73 Å². The highest BCUT2D eigenvalue weighted by molar-refractivity contribution is 9.10. The van der Waals surface area contributed by atoms with Gasteiger partial charge in [0.15, 0.2) is 0 Å². The minimum absolute atomic E-state index is 0.444. The van der Waals surface area contributed by atoms with Crippen LogP contribution in [0.15, 0.2) is 16.9 Å². The fraction of sp³-hybridized carbons (Fsp3) is 0.500. The summed E-state index contributed by atoms with van der Waals surface area (Å²) in [5.74, 6) is 0.321. The molecule has 2 aliphatic heterocycles. The normalized spacial score (nSPS) is 26.4. The molecule has 0 bridgehead atoms. The summed E-state index contributed by atoms with van der Waals surface area (Å²) >= 11 is 3.25. The number of aromatic nitrogens is 1. The van der Waals surface area contributed by atoms with Crippen molar-refractivity contribution in [2.24, 2.45) is 11.7 Å². The molecule has 2 unspecified atom stereocenters. The molecular weight excluding hydrogens is 296 g/mol. The number of nitrogens with one attached hydrogen (secondary N) is 1. The largest absolute Gasteiger partial charge is 0.366 e. The van der Waals surface area contributed by atoms with E-state index in [1.54, 1.807) is 6.20 Å². The summed E-state index contributed by atoms with van der Waals surface area (Å²) in [6.07, 6.45) is 3.02. The summed E-state index contributed by atoms with van der Waals surface area (Å²) in [4.78, 5) is 17.8. The number of halogens is 1. The monoisotopic (exact) mass is 310 g/mol. The standard InChI is InChI=1S/C12H15BrN4O/c13-11-9(12(14)18)3-8(4-16-11)17-6-7-1-2-15-5-10(7)17/h3-4,7,10,15H,1-2,5-6H2,(H2,14,18). The molecule has 6 heteroatoms. The van der Waals surface area contributed by atoms with Gasteiger partial charge in [0.2, 0.25) is 0 Å². The first kappa shape index (κ1) is 11.9. The zero-order valence-corrected chi connectivity index (χ0v) is 11.5. The maximum atomic E-state index is 11.3. The Balaban J connectivity index is 1.85. The fourth-order valence-corrected chi connectivity index (χ4v) is 3.20. The number of fused-ring (bicyclic) bond motifs is 1. The number of piperidine rings is 1. The molecule has 0 radical (unpaired) electrons. The van der Waals surface area contributed by atoms with Crippen LogP contribution in [0.5, 0.6) is 0 Å². The van der Waals surface area contributed by atoms with Crippen LogP contribution in [0.25, 0.3) is 0 Å². The Labute approximate surface area is 114 Å². The van der Waals surface area contributed by atoms with Crippen LogP contribution in [0, 0.1) is 5.92 Å². The van der Waals surface area contributed by atoms with Crippen molar-refractivity contribution in [3.05, 3.63) is 22.4 Å². The number of amides is 1. The minimum Gasteiger partial charge on any atom is -0.366 e. The van der Waals surface area contributed by atoms with Gasteiger partial charge in [-0.1, -0.05) is 0 Å². The van der Waals surface area contributed by atoms with Crippen molar-refractivity contribution < 1.29 is 4.79 Å². The highest BCUT2D eigenvalue weighted by atomic mass is 79.9. The number of primary amides is 1. The third-order valence-corrected chi connectivity index (χ3v) is 4.47. The third kappa shape index (κ3) is 1.89. The number of nitrogens with two attached hydrogens (primary N) is 1. The Morgan fingerprint density at radius 2 is 2.44 bits per heavy atom. The Hall–Kier alpha value is -1.14. The van der Waals surface area contributed by atoms with E-state index in [0.29, 0.717) is 16.2 Å². The first-order valence-electron chi connectivity index (χ1n) is 6.09. The summed E-state index contributed by atoms with van der Waals surface area (Å²) in [7, 11) is 0. The van der Waals surface area contributed by atoms with Crippen LogP contribution in [0.2, 0.25) is 0 Å². The van der Waals surface area contributed by atoms with Gasteiger partial charge < -0.3 is 16.0 Å². The molecule has 1 amide bonds. The Morgan fingerprint density at radius 3 is 3.17 bits per heavy atom. The molecular formula is C12H15BrN4O. The molecule has 18 heavy (non-hydrogen) atoms. The molecule has 2 aliphatic rings. The first-order chi connectivity index (χ1) is 8.66. The number of hydrogen-bond donors (Lipinski definition) is 2. The predicted molar refractivity (Wildman–Crippen MR) is 72.6 cm³/mol. The lowest BCUT2D eigenvalue weighted by molar-refractivity contribution is 0.0999. The molecule has 96 valence electrons. The summed E-state index contributed by atoms with van der Waals surface area (Å²) in [5.41, 5.74) is 6.76. The first-order valence-corrected chi connectivity index (χ1v) is 6.89. The minimum atomic E-state index is -0.449. The quantitative estimate of drug-likeness (QED) is 0.791. The number of carbonyl (C=O) groups is 1. The van der Waals surface area contributed by atoms with Crippen molar-refractivity contribution in [1.29, 1.82) is 0 Å². The van der Waals surface area contributed by atoms with Gasteiger partial charge in [0.1, 0.15) is 4.60 Å². The second kappa shape index (κ2) is 4.51. The van der Waals surface area contributed by atoms with Gasteiger partial charge in [0.25, 0.3) is 5.91 Å². The van der Waals surface area contributed by atoms with Gasteiger partial charge in [-0.05, 0) is 40.9 Å². The average Bonchev–Trinajstić information content (AvgIpc) is 2.32. The van der Waals surface area contributed by atoms with E-state index in [2.05, 4.69) is 31.1 Å². The zero-order valence-electron chi connectivity index (χ0n) is 9.90. The smallest absolute Gasteiger partial charge is 0.251 e. The summed E-state index contributed by atoms with van der Waals surface area (Å²) < 4.78 is 0.512. The van der Waals surface area contributed by atoms with Crippen molar-refractivity contribution in [2.45, 2.75) is 12.5 Å². The van der Waals surface area contributed by atoms with Crippen LogP contribution in [-0.4, -0.2) is 36.6 Å². The summed E-state index contributed by atoms with van der Waals surface area (Å²) in [6, 6.07) is 2.35. The van der Waals surface area contributed by atoms with Crippen LogP contribution in [0.1, 0.15) is 16.8 Å².